The Kier molecular flexibility index (Phi) is 7.38. The fraction of sp³-hybridized carbons (Fsp3) is 0.400. The highest BCUT2D eigenvalue weighted by Gasteiger charge is 2.38. The number of hydrogen-bond donors (Lipinski definition) is 4. The molecule has 3 rings (SSSR count). The number of ether oxygens (including phenoxy) is 1. The number of carbonyl (C=O) groups excluding carboxylic acids is 2. The van der Waals surface area contributed by atoms with E-state index in [0.717, 1.165) is 22.3 Å². The van der Waals surface area contributed by atoms with E-state index in [9.17, 15) is 24.6 Å². The van der Waals surface area contributed by atoms with Gasteiger partial charge in [-0.15, -0.1) is 0 Å². The van der Waals surface area contributed by atoms with Crippen LogP contribution in [0.4, 0.5) is 4.79 Å². The van der Waals surface area contributed by atoms with Crippen LogP contribution in [0.2, 0.25) is 0 Å². The number of hydrogen-bond acceptors (Lipinski definition) is 5. The van der Waals surface area contributed by atoms with E-state index in [1.807, 2.05) is 55.5 Å². The minimum atomic E-state index is -1.86. The van der Waals surface area contributed by atoms with Crippen LogP contribution in [0.15, 0.2) is 48.5 Å². The van der Waals surface area contributed by atoms with E-state index in [2.05, 4.69) is 10.6 Å². The highest BCUT2D eigenvalue weighted by atomic mass is 16.5. The summed E-state index contributed by atoms with van der Waals surface area (Å²) in [6, 6.07) is 14.9. The molecule has 1 aliphatic carbocycles. The van der Waals surface area contributed by atoms with Gasteiger partial charge in [-0.05, 0) is 35.1 Å². The summed E-state index contributed by atoms with van der Waals surface area (Å²) in [7, 11) is 0. The first-order chi connectivity index (χ1) is 15.7. The molecule has 0 saturated heterocycles. The zero-order valence-electron chi connectivity index (χ0n) is 19.0. The Hall–Kier alpha value is -3.39. The van der Waals surface area contributed by atoms with E-state index >= 15 is 0 Å². The third-order valence-corrected chi connectivity index (χ3v) is 6.30. The second-order valence-electron chi connectivity index (χ2n) is 8.62. The molecule has 0 saturated carbocycles. The zero-order valence-corrected chi connectivity index (χ0v) is 19.0. The zero-order chi connectivity index (χ0) is 24.2. The number of rotatable bonds is 9. The van der Waals surface area contributed by atoms with Gasteiger partial charge in [0.25, 0.3) is 0 Å². The van der Waals surface area contributed by atoms with Crippen LogP contribution in [0.25, 0.3) is 11.1 Å². The summed E-state index contributed by atoms with van der Waals surface area (Å²) in [4.78, 5) is 36.9. The fourth-order valence-corrected chi connectivity index (χ4v) is 3.98. The van der Waals surface area contributed by atoms with E-state index in [1.165, 1.54) is 6.92 Å². The van der Waals surface area contributed by atoms with Gasteiger partial charge in [0.2, 0.25) is 5.91 Å². The molecule has 2 aromatic rings. The second kappa shape index (κ2) is 10.0. The van der Waals surface area contributed by atoms with E-state index in [0.29, 0.717) is 6.42 Å². The summed E-state index contributed by atoms with van der Waals surface area (Å²) in [5, 5.41) is 23.6. The van der Waals surface area contributed by atoms with E-state index in [4.69, 9.17) is 4.74 Å². The van der Waals surface area contributed by atoms with Crippen molar-refractivity contribution in [2.75, 3.05) is 13.2 Å². The molecule has 8 heteroatoms. The molecule has 0 heterocycles. The molecule has 8 nitrogen and oxygen atoms in total. The summed E-state index contributed by atoms with van der Waals surface area (Å²) < 4.78 is 5.52. The normalized spacial score (nSPS) is 16.0. The third kappa shape index (κ3) is 5.01. The molecular formula is C25H30N2O6. The van der Waals surface area contributed by atoms with Crippen LogP contribution >= 0.6 is 0 Å². The minimum absolute atomic E-state index is 0.0954. The van der Waals surface area contributed by atoms with Crippen LogP contribution in [-0.4, -0.2) is 53.0 Å². The van der Waals surface area contributed by atoms with Crippen molar-refractivity contribution in [2.45, 2.75) is 44.7 Å². The van der Waals surface area contributed by atoms with E-state index in [1.54, 1.807) is 6.92 Å². The van der Waals surface area contributed by atoms with Gasteiger partial charge in [-0.1, -0.05) is 68.8 Å². The van der Waals surface area contributed by atoms with Gasteiger partial charge >= 0.3 is 12.1 Å². The predicted octanol–water partition coefficient (Wildman–Crippen LogP) is 2.89. The predicted molar refractivity (Wildman–Crippen MR) is 123 cm³/mol. The summed E-state index contributed by atoms with van der Waals surface area (Å²) in [6.45, 7) is 4.14. The second-order valence-corrected chi connectivity index (χ2v) is 8.62. The van der Waals surface area contributed by atoms with Crippen molar-refractivity contribution in [1.29, 1.82) is 0 Å². The number of aliphatic hydroxyl groups is 1. The van der Waals surface area contributed by atoms with E-state index < -0.39 is 36.2 Å². The molecule has 1 aliphatic rings. The summed E-state index contributed by atoms with van der Waals surface area (Å²) >= 11 is 0. The molecule has 0 spiro atoms. The van der Waals surface area contributed by atoms with Crippen LogP contribution in [0, 0.1) is 5.92 Å². The molecule has 176 valence electrons. The number of nitrogens with one attached hydrogen (secondary N) is 2. The van der Waals surface area contributed by atoms with Crippen LogP contribution in [0.3, 0.4) is 0 Å². The number of carboxylic acids is 1. The van der Waals surface area contributed by atoms with Crippen LogP contribution in [-0.2, 0) is 14.3 Å². The lowest BCUT2D eigenvalue weighted by Crippen LogP contribution is -2.61. The first kappa shape index (κ1) is 24.3. The Morgan fingerprint density at radius 2 is 1.61 bits per heavy atom. The average molecular weight is 455 g/mol. The number of benzene rings is 2. The molecule has 4 N–H and O–H groups in total. The summed E-state index contributed by atoms with van der Waals surface area (Å²) in [5.41, 5.74) is 2.50. The topological polar surface area (TPSA) is 125 Å². The maximum Gasteiger partial charge on any atom is 0.407 e. The van der Waals surface area contributed by atoms with Crippen molar-refractivity contribution in [3.8, 4) is 11.1 Å². The third-order valence-electron chi connectivity index (χ3n) is 6.30. The standard InChI is InChI=1S/C25H30N2O6/c1-4-15(2)21(22(29)27-25(3,14-28)23(30)31)26-24(32)33-13-20-18-11-7-5-9-16(18)17-10-6-8-12-19(17)20/h5-12,15,20-21,28H,4,13-14H2,1-3H3,(H,26,32)(H,27,29)(H,30,31)/t15?,21-,25?/m0/s1. The molecule has 2 aromatic carbocycles. The van der Waals surface area contributed by atoms with Crippen LogP contribution in [0.5, 0.6) is 0 Å². The quantitative estimate of drug-likeness (QED) is 0.462. The van der Waals surface area contributed by atoms with Crippen molar-refractivity contribution >= 4 is 18.0 Å². The molecule has 0 fully saturated rings. The largest absolute Gasteiger partial charge is 0.479 e. The number of aliphatic carboxylic acids is 1. The number of carboxylic acid groups (broad SMARTS) is 1. The van der Waals surface area contributed by atoms with Crippen molar-refractivity contribution in [1.82, 2.24) is 10.6 Å². The van der Waals surface area contributed by atoms with Crippen molar-refractivity contribution in [2.24, 2.45) is 5.92 Å². The van der Waals surface area contributed by atoms with Gasteiger partial charge in [-0.3, -0.25) is 4.79 Å². The van der Waals surface area contributed by atoms with Gasteiger partial charge in [0.15, 0.2) is 5.54 Å². The Labute approximate surface area is 193 Å². The Bertz CT molecular complexity index is 994. The van der Waals surface area contributed by atoms with Gasteiger partial charge in [0.05, 0.1) is 6.61 Å². The Morgan fingerprint density at radius 1 is 1.06 bits per heavy atom. The van der Waals surface area contributed by atoms with E-state index in [-0.39, 0.29) is 18.4 Å². The molecule has 33 heavy (non-hydrogen) atoms. The maximum absolute atomic E-state index is 12.8. The SMILES string of the molecule is CCC(C)[C@H](NC(=O)OCC1c2ccccc2-c2ccccc21)C(=O)NC(C)(CO)C(=O)O. The molecule has 3 atom stereocenters. The lowest BCUT2D eigenvalue weighted by Gasteiger charge is -2.29. The lowest BCUT2D eigenvalue weighted by molar-refractivity contribution is -0.149. The number of amides is 2. The van der Waals surface area contributed by atoms with Gasteiger partial charge in [0, 0.05) is 5.92 Å². The fourth-order valence-electron chi connectivity index (χ4n) is 3.98. The molecular weight excluding hydrogens is 424 g/mol. The highest BCUT2D eigenvalue weighted by molar-refractivity contribution is 5.91. The first-order valence-corrected chi connectivity index (χ1v) is 11.0. The van der Waals surface area contributed by atoms with Crippen LogP contribution < -0.4 is 10.6 Å². The van der Waals surface area contributed by atoms with Crippen molar-refractivity contribution < 1.29 is 29.3 Å². The molecule has 0 aromatic heterocycles. The molecule has 0 aliphatic heterocycles. The molecule has 2 unspecified atom stereocenters. The summed E-state index contributed by atoms with van der Waals surface area (Å²) in [5.74, 6) is -2.48. The molecule has 0 bridgehead atoms. The minimum Gasteiger partial charge on any atom is -0.479 e. The number of aliphatic hydroxyl groups excluding tert-OH is 1. The Morgan fingerprint density at radius 3 is 2.09 bits per heavy atom. The van der Waals surface area contributed by atoms with Gasteiger partial charge in [0.1, 0.15) is 12.6 Å². The number of carbonyl (C=O) groups is 3. The van der Waals surface area contributed by atoms with Gasteiger partial charge in [-0.25, -0.2) is 9.59 Å². The first-order valence-electron chi connectivity index (χ1n) is 11.0. The van der Waals surface area contributed by atoms with Crippen LogP contribution in [0.1, 0.15) is 44.2 Å². The Balaban J connectivity index is 1.70. The van der Waals surface area contributed by atoms with Crippen molar-refractivity contribution in [3.63, 3.8) is 0 Å². The maximum atomic E-state index is 12.8. The van der Waals surface area contributed by atoms with Gasteiger partial charge < -0.3 is 25.6 Å². The van der Waals surface area contributed by atoms with Crippen molar-refractivity contribution in [3.05, 3.63) is 59.7 Å². The number of fused-ring (bicyclic) bond motifs is 3. The average Bonchev–Trinajstić information content (AvgIpc) is 3.14. The highest BCUT2D eigenvalue weighted by Crippen LogP contribution is 2.44. The smallest absolute Gasteiger partial charge is 0.407 e. The number of alkyl carbamates (subject to hydrolysis) is 1. The summed E-state index contributed by atoms with van der Waals surface area (Å²) in [6.07, 6.45) is -0.205. The van der Waals surface area contributed by atoms with Gasteiger partial charge in [-0.2, -0.15) is 0 Å². The molecule has 2 amide bonds. The lowest BCUT2D eigenvalue weighted by atomic mass is 9.96. The molecule has 0 radical (unpaired) electrons. The monoisotopic (exact) mass is 454 g/mol.